The van der Waals surface area contributed by atoms with Gasteiger partial charge in [0, 0.05) is 5.02 Å². The lowest BCUT2D eigenvalue weighted by Gasteiger charge is -2.26. The average molecular weight is 566 g/mol. The number of halogens is 4. The molecule has 0 spiro atoms. The van der Waals surface area contributed by atoms with Crippen molar-refractivity contribution in [3.8, 4) is 11.5 Å². The van der Waals surface area contributed by atoms with Gasteiger partial charge in [0.2, 0.25) is 0 Å². The number of carbonyl (C=O) groups is 3. The smallest absolute Gasteiger partial charge is 0.335 e. The Morgan fingerprint density at radius 2 is 1.61 bits per heavy atom. The van der Waals surface area contributed by atoms with E-state index in [-0.39, 0.29) is 44.4 Å². The summed E-state index contributed by atoms with van der Waals surface area (Å²) in [6.07, 6.45) is 1.30. The summed E-state index contributed by atoms with van der Waals surface area (Å²) in [5, 5.41) is 3.33. The molecule has 1 aliphatic rings. The van der Waals surface area contributed by atoms with Crippen LogP contribution in [-0.2, 0) is 16.2 Å². The molecule has 0 atom stereocenters. The number of anilines is 1. The van der Waals surface area contributed by atoms with Crippen LogP contribution in [0.5, 0.6) is 11.5 Å². The molecular formula is C25H16Cl4N2O5. The molecule has 36 heavy (non-hydrogen) atoms. The lowest BCUT2D eigenvalue weighted by atomic mass is 10.1. The highest BCUT2D eigenvalue weighted by Crippen LogP contribution is 2.38. The highest BCUT2D eigenvalue weighted by molar-refractivity contribution is 6.43. The summed E-state index contributed by atoms with van der Waals surface area (Å²) >= 11 is 24.3. The molecule has 0 aliphatic carbocycles. The van der Waals surface area contributed by atoms with Gasteiger partial charge in [-0.15, -0.1) is 0 Å². The number of rotatable bonds is 6. The van der Waals surface area contributed by atoms with Crippen molar-refractivity contribution in [1.82, 2.24) is 5.32 Å². The summed E-state index contributed by atoms with van der Waals surface area (Å²) in [4.78, 5) is 38.9. The van der Waals surface area contributed by atoms with Gasteiger partial charge in [-0.25, -0.2) is 9.69 Å². The molecule has 184 valence electrons. The number of ether oxygens (including phenoxy) is 2. The van der Waals surface area contributed by atoms with Crippen LogP contribution in [-0.4, -0.2) is 25.0 Å². The molecule has 3 aromatic carbocycles. The summed E-state index contributed by atoms with van der Waals surface area (Å²) in [5.74, 6) is -1.15. The second-order valence-corrected chi connectivity index (χ2v) is 9.16. The second-order valence-electron chi connectivity index (χ2n) is 7.51. The molecule has 4 amide bonds. The van der Waals surface area contributed by atoms with E-state index in [2.05, 4.69) is 5.32 Å². The maximum Gasteiger partial charge on any atom is 0.335 e. The summed E-state index contributed by atoms with van der Waals surface area (Å²) in [5.41, 5.74) is 1.08. The molecule has 4 rings (SSSR count). The van der Waals surface area contributed by atoms with E-state index in [4.69, 9.17) is 55.9 Å². The number of urea groups is 1. The molecule has 1 heterocycles. The first-order valence-corrected chi connectivity index (χ1v) is 11.8. The second kappa shape index (κ2) is 10.8. The Hall–Kier alpha value is -3.23. The Balaban J connectivity index is 1.64. The summed E-state index contributed by atoms with van der Waals surface area (Å²) < 4.78 is 11.3. The predicted octanol–water partition coefficient (Wildman–Crippen LogP) is 6.55. The van der Waals surface area contributed by atoms with E-state index < -0.39 is 17.8 Å². The zero-order chi connectivity index (χ0) is 26.0. The van der Waals surface area contributed by atoms with Gasteiger partial charge in [0.25, 0.3) is 11.8 Å². The molecule has 0 unspecified atom stereocenters. The Bertz CT molecular complexity index is 1410. The number of benzene rings is 3. The number of methoxy groups -OCH3 is 1. The van der Waals surface area contributed by atoms with Crippen molar-refractivity contribution in [3.05, 3.63) is 91.4 Å². The van der Waals surface area contributed by atoms with E-state index in [1.54, 1.807) is 18.2 Å². The summed E-state index contributed by atoms with van der Waals surface area (Å²) in [6, 6.07) is 13.5. The van der Waals surface area contributed by atoms with Crippen LogP contribution in [0.2, 0.25) is 20.1 Å². The summed E-state index contributed by atoms with van der Waals surface area (Å²) in [7, 11) is 1.43. The van der Waals surface area contributed by atoms with Gasteiger partial charge in [-0.1, -0.05) is 58.5 Å². The van der Waals surface area contributed by atoms with E-state index in [1.165, 1.54) is 37.5 Å². The standard InChI is InChI=1S/C25H16Cl4N2O5/c1-35-21-10-14(9-20(29)22(21)36-12-13-2-4-15(26)5-3-13)8-17-23(32)30-25(34)31(24(17)33)16-6-7-18(27)19(28)11-16/h2-11H,12H2,1H3,(H,30,32,34)/b17-8+. The van der Waals surface area contributed by atoms with Crippen molar-refractivity contribution in [2.75, 3.05) is 12.0 Å². The third-order valence-electron chi connectivity index (χ3n) is 5.12. The third kappa shape index (κ3) is 5.44. The van der Waals surface area contributed by atoms with Crippen LogP contribution in [0, 0.1) is 0 Å². The van der Waals surface area contributed by atoms with Crippen LogP contribution in [0.1, 0.15) is 11.1 Å². The molecule has 1 N–H and O–H groups in total. The Kier molecular flexibility index (Phi) is 7.76. The number of hydrogen-bond acceptors (Lipinski definition) is 5. The summed E-state index contributed by atoms with van der Waals surface area (Å²) in [6.45, 7) is 0.204. The van der Waals surface area contributed by atoms with Crippen LogP contribution in [0.15, 0.2) is 60.2 Å². The average Bonchev–Trinajstić information content (AvgIpc) is 2.84. The van der Waals surface area contributed by atoms with E-state index >= 15 is 0 Å². The van der Waals surface area contributed by atoms with Crippen LogP contribution in [0.25, 0.3) is 6.08 Å². The molecule has 1 aliphatic heterocycles. The fraction of sp³-hybridized carbons (Fsp3) is 0.0800. The minimum Gasteiger partial charge on any atom is -0.493 e. The Labute approximate surface area is 226 Å². The molecule has 0 bridgehead atoms. The predicted molar refractivity (Wildman–Crippen MR) is 139 cm³/mol. The van der Waals surface area contributed by atoms with Crippen LogP contribution < -0.4 is 19.7 Å². The van der Waals surface area contributed by atoms with Gasteiger partial charge in [0.15, 0.2) is 11.5 Å². The SMILES string of the molecule is COc1cc(/C=C2\C(=O)NC(=O)N(c3ccc(Cl)c(Cl)c3)C2=O)cc(Cl)c1OCc1ccc(Cl)cc1. The topological polar surface area (TPSA) is 84.9 Å². The van der Waals surface area contributed by atoms with Crippen molar-refractivity contribution in [2.24, 2.45) is 0 Å². The quantitative estimate of drug-likeness (QED) is 0.270. The van der Waals surface area contributed by atoms with E-state index in [0.717, 1.165) is 10.5 Å². The monoisotopic (exact) mass is 564 g/mol. The van der Waals surface area contributed by atoms with Crippen molar-refractivity contribution in [1.29, 1.82) is 0 Å². The molecule has 7 nitrogen and oxygen atoms in total. The van der Waals surface area contributed by atoms with Crippen molar-refractivity contribution >= 4 is 76.0 Å². The number of barbiturate groups is 1. The van der Waals surface area contributed by atoms with Crippen molar-refractivity contribution in [2.45, 2.75) is 6.61 Å². The van der Waals surface area contributed by atoms with Gasteiger partial charge in [-0.3, -0.25) is 14.9 Å². The first-order chi connectivity index (χ1) is 17.2. The van der Waals surface area contributed by atoms with Gasteiger partial charge in [0.05, 0.1) is 27.9 Å². The highest BCUT2D eigenvalue weighted by atomic mass is 35.5. The van der Waals surface area contributed by atoms with Crippen molar-refractivity contribution in [3.63, 3.8) is 0 Å². The number of carbonyl (C=O) groups excluding carboxylic acids is 3. The maximum atomic E-state index is 13.1. The number of hydrogen-bond donors (Lipinski definition) is 1. The number of nitrogens with zero attached hydrogens (tertiary/aromatic N) is 1. The molecule has 0 saturated carbocycles. The van der Waals surface area contributed by atoms with Crippen molar-refractivity contribution < 1.29 is 23.9 Å². The minimum atomic E-state index is -0.915. The number of nitrogens with one attached hydrogen (secondary N) is 1. The molecule has 1 saturated heterocycles. The molecule has 1 fully saturated rings. The van der Waals surface area contributed by atoms with E-state index in [0.29, 0.717) is 10.6 Å². The Morgan fingerprint density at radius 3 is 2.28 bits per heavy atom. The van der Waals surface area contributed by atoms with Gasteiger partial charge < -0.3 is 9.47 Å². The molecular weight excluding hydrogens is 550 g/mol. The molecule has 11 heteroatoms. The number of imide groups is 2. The lowest BCUT2D eigenvalue weighted by molar-refractivity contribution is -0.122. The van der Waals surface area contributed by atoms with Gasteiger partial charge in [-0.2, -0.15) is 0 Å². The molecule has 0 aromatic heterocycles. The lowest BCUT2D eigenvalue weighted by Crippen LogP contribution is -2.54. The maximum absolute atomic E-state index is 13.1. The number of amides is 4. The van der Waals surface area contributed by atoms with E-state index in [1.807, 2.05) is 12.1 Å². The zero-order valence-corrected chi connectivity index (χ0v) is 21.5. The van der Waals surface area contributed by atoms with E-state index in [9.17, 15) is 14.4 Å². The normalized spacial score (nSPS) is 14.8. The minimum absolute atomic E-state index is 0.142. The van der Waals surface area contributed by atoms with Crippen LogP contribution in [0.4, 0.5) is 10.5 Å². The highest BCUT2D eigenvalue weighted by Gasteiger charge is 2.37. The Morgan fingerprint density at radius 1 is 0.889 bits per heavy atom. The van der Waals surface area contributed by atoms with Gasteiger partial charge in [-0.05, 0) is 59.7 Å². The molecule has 0 radical (unpaired) electrons. The largest absolute Gasteiger partial charge is 0.493 e. The first-order valence-electron chi connectivity index (χ1n) is 10.3. The van der Waals surface area contributed by atoms with Crippen LogP contribution >= 0.6 is 46.4 Å². The van der Waals surface area contributed by atoms with Gasteiger partial charge in [0.1, 0.15) is 12.2 Å². The third-order valence-corrected chi connectivity index (χ3v) is 6.39. The zero-order valence-electron chi connectivity index (χ0n) is 18.5. The fourth-order valence-corrected chi connectivity index (χ4v) is 4.07. The van der Waals surface area contributed by atoms with Gasteiger partial charge >= 0.3 is 6.03 Å². The van der Waals surface area contributed by atoms with Crippen LogP contribution in [0.3, 0.4) is 0 Å². The molecule has 3 aromatic rings. The fourth-order valence-electron chi connectivity index (χ4n) is 3.38. The first kappa shape index (κ1) is 25.9.